The normalized spacial score (nSPS) is 12.4. The number of thioether (sulfide) groups is 1. The molecule has 0 aliphatic carbocycles. The molecule has 0 radical (unpaired) electrons. The van der Waals surface area contributed by atoms with E-state index in [4.69, 9.17) is 10.8 Å². The van der Waals surface area contributed by atoms with E-state index in [0.29, 0.717) is 5.75 Å². The maximum absolute atomic E-state index is 13.3. The van der Waals surface area contributed by atoms with Crippen molar-refractivity contribution in [2.45, 2.75) is 18.7 Å². The zero-order valence-corrected chi connectivity index (χ0v) is 9.76. The molecule has 3 nitrogen and oxygen atoms in total. The highest BCUT2D eigenvalue weighted by Crippen LogP contribution is 2.16. The fraction of sp³-hybridized carbons (Fsp3) is 0.364. The molecule has 0 aliphatic heterocycles. The molecule has 3 N–H and O–H groups in total. The molecule has 0 amide bonds. The van der Waals surface area contributed by atoms with Gasteiger partial charge in [-0.25, -0.2) is 9.18 Å². The molecule has 0 bridgehead atoms. The Labute approximate surface area is 97.8 Å². The van der Waals surface area contributed by atoms with Crippen LogP contribution in [-0.4, -0.2) is 22.9 Å². The van der Waals surface area contributed by atoms with E-state index in [2.05, 4.69) is 0 Å². The first-order chi connectivity index (χ1) is 7.50. The van der Waals surface area contributed by atoms with Crippen molar-refractivity contribution in [3.63, 3.8) is 0 Å². The highest BCUT2D eigenvalue weighted by atomic mass is 32.2. The Hall–Kier alpha value is -1.07. The Kier molecular flexibility index (Phi) is 4.76. The van der Waals surface area contributed by atoms with Crippen molar-refractivity contribution in [1.29, 1.82) is 0 Å². The molecule has 1 aromatic carbocycles. The van der Waals surface area contributed by atoms with Gasteiger partial charge >= 0.3 is 5.97 Å². The maximum Gasteiger partial charge on any atom is 0.338 e. The third kappa shape index (κ3) is 3.83. The number of aromatic carboxylic acids is 1. The topological polar surface area (TPSA) is 63.3 Å². The van der Waals surface area contributed by atoms with E-state index in [9.17, 15) is 9.18 Å². The first kappa shape index (κ1) is 13.0. The van der Waals surface area contributed by atoms with Crippen molar-refractivity contribution in [3.8, 4) is 0 Å². The number of halogens is 1. The van der Waals surface area contributed by atoms with Crippen LogP contribution in [0.3, 0.4) is 0 Å². The van der Waals surface area contributed by atoms with Crippen LogP contribution in [0.2, 0.25) is 0 Å². The quantitative estimate of drug-likeness (QED) is 0.831. The summed E-state index contributed by atoms with van der Waals surface area (Å²) in [5.74, 6) is -0.501. The van der Waals surface area contributed by atoms with E-state index < -0.39 is 11.8 Å². The van der Waals surface area contributed by atoms with E-state index in [0.717, 1.165) is 11.3 Å². The van der Waals surface area contributed by atoms with Crippen LogP contribution in [0.5, 0.6) is 0 Å². The number of benzene rings is 1. The Morgan fingerprint density at radius 1 is 1.62 bits per heavy atom. The largest absolute Gasteiger partial charge is 0.478 e. The predicted octanol–water partition coefficient (Wildman–Crippen LogP) is 2.10. The molecule has 1 unspecified atom stereocenters. The van der Waals surface area contributed by atoms with Crippen LogP contribution >= 0.6 is 11.8 Å². The summed E-state index contributed by atoms with van der Waals surface area (Å²) in [6.07, 6.45) is 0. The Bertz CT molecular complexity index is 382. The minimum atomic E-state index is -1.24. The van der Waals surface area contributed by atoms with Gasteiger partial charge in [-0.2, -0.15) is 11.8 Å². The fourth-order valence-electron chi connectivity index (χ4n) is 1.18. The average Bonchev–Trinajstić information content (AvgIpc) is 2.16. The number of hydrogen-bond donors (Lipinski definition) is 2. The summed E-state index contributed by atoms with van der Waals surface area (Å²) in [4.78, 5) is 10.6. The summed E-state index contributed by atoms with van der Waals surface area (Å²) in [6, 6.07) is 4.28. The SMILES string of the molecule is CC(N)CSCc1ccc(C(=O)O)c(F)c1. The Balaban J connectivity index is 2.63. The molecule has 5 heteroatoms. The maximum atomic E-state index is 13.3. The van der Waals surface area contributed by atoms with Crippen LogP contribution in [0, 0.1) is 5.82 Å². The Morgan fingerprint density at radius 3 is 2.81 bits per heavy atom. The van der Waals surface area contributed by atoms with Crippen molar-refractivity contribution in [2.24, 2.45) is 5.73 Å². The third-order valence-corrected chi connectivity index (χ3v) is 3.21. The highest BCUT2D eigenvalue weighted by Gasteiger charge is 2.10. The van der Waals surface area contributed by atoms with E-state index >= 15 is 0 Å². The fourth-order valence-corrected chi connectivity index (χ4v) is 2.09. The minimum Gasteiger partial charge on any atom is -0.478 e. The van der Waals surface area contributed by atoms with Crippen molar-refractivity contribution in [1.82, 2.24) is 0 Å². The second-order valence-corrected chi connectivity index (χ2v) is 4.64. The second-order valence-electron chi connectivity index (χ2n) is 3.61. The summed E-state index contributed by atoms with van der Waals surface area (Å²) in [6.45, 7) is 1.90. The molecule has 1 atom stereocenters. The van der Waals surface area contributed by atoms with Gasteiger partial charge < -0.3 is 10.8 Å². The molecule has 16 heavy (non-hydrogen) atoms. The first-order valence-corrected chi connectivity index (χ1v) is 6.01. The Morgan fingerprint density at radius 2 is 2.31 bits per heavy atom. The molecular weight excluding hydrogens is 229 g/mol. The molecule has 0 spiro atoms. The molecule has 0 aliphatic rings. The van der Waals surface area contributed by atoms with Crippen molar-refractivity contribution in [3.05, 3.63) is 35.1 Å². The lowest BCUT2D eigenvalue weighted by molar-refractivity contribution is 0.0692. The van der Waals surface area contributed by atoms with E-state index in [1.54, 1.807) is 17.8 Å². The summed E-state index contributed by atoms with van der Waals surface area (Å²) < 4.78 is 13.3. The van der Waals surface area contributed by atoms with Gasteiger partial charge in [0.05, 0.1) is 5.56 Å². The average molecular weight is 243 g/mol. The number of nitrogens with two attached hydrogens (primary N) is 1. The summed E-state index contributed by atoms with van der Waals surface area (Å²) >= 11 is 1.60. The standard InChI is InChI=1S/C11H14FNO2S/c1-7(13)5-16-6-8-2-3-9(11(14)15)10(12)4-8/h2-4,7H,5-6,13H2,1H3,(H,14,15). The molecule has 0 saturated carbocycles. The van der Waals surface area contributed by atoms with Crippen molar-refractivity contribution in [2.75, 3.05) is 5.75 Å². The number of carboxylic acid groups (broad SMARTS) is 1. The lowest BCUT2D eigenvalue weighted by atomic mass is 10.1. The lowest BCUT2D eigenvalue weighted by Gasteiger charge is -2.05. The number of hydrogen-bond acceptors (Lipinski definition) is 3. The van der Waals surface area contributed by atoms with Gasteiger partial charge in [0.25, 0.3) is 0 Å². The van der Waals surface area contributed by atoms with Gasteiger partial charge in [-0.3, -0.25) is 0 Å². The second kappa shape index (κ2) is 5.86. The van der Waals surface area contributed by atoms with Crippen LogP contribution in [0.4, 0.5) is 4.39 Å². The van der Waals surface area contributed by atoms with Gasteiger partial charge in [0.2, 0.25) is 0 Å². The zero-order chi connectivity index (χ0) is 12.1. The summed E-state index contributed by atoms with van der Waals surface area (Å²) in [7, 11) is 0. The molecular formula is C11H14FNO2S. The van der Waals surface area contributed by atoms with Gasteiger partial charge in [0.15, 0.2) is 0 Å². The van der Waals surface area contributed by atoms with E-state index in [-0.39, 0.29) is 11.6 Å². The van der Waals surface area contributed by atoms with Gasteiger partial charge in [-0.15, -0.1) is 0 Å². The molecule has 0 heterocycles. The van der Waals surface area contributed by atoms with Crippen LogP contribution < -0.4 is 5.73 Å². The highest BCUT2D eigenvalue weighted by molar-refractivity contribution is 7.98. The molecule has 1 rings (SSSR count). The molecule has 0 saturated heterocycles. The van der Waals surface area contributed by atoms with Gasteiger partial charge in [0, 0.05) is 17.5 Å². The van der Waals surface area contributed by atoms with Crippen LogP contribution in [0.1, 0.15) is 22.8 Å². The zero-order valence-electron chi connectivity index (χ0n) is 8.94. The van der Waals surface area contributed by atoms with E-state index in [1.807, 2.05) is 6.92 Å². The summed E-state index contributed by atoms with van der Waals surface area (Å²) in [5, 5.41) is 8.64. The van der Waals surface area contributed by atoms with Crippen molar-refractivity contribution < 1.29 is 14.3 Å². The smallest absolute Gasteiger partial charge is 0.338 e. The first-order valence-electron chi connectivity index (χ1n) is 4.85. The van der Waals surface area contributed by atoms with Crippen LogP contribution in [0.25, 0.3) is 0 Å². The molecule has 88 valence electrons. The number of rotatable bonds is 5. The van der Waals surface area contributed by atoms with Gasteiger partial charge in [0.1, 0.15) is 5.82 Å². The molecule has 0 fully saturated rings. The predicted molar refractivity (Wildman–Crippen MR) is 63.2 cm³/mol. The lowest BCUT2D eigenvalue weighted by Crippen LogP contribution is -2.17. The monoisotopic (exact) mass is 243 g/mol. The molecule has 1 aromatic rings. The number of carbonyl (C=O) groups is 1. The van der Waals surface area contributed by atoms with Gasteiger partial charge in [-0.05, 0) is 24.6 Å². The number of carboxylic acids is 1. The van der Waals surface area contributed by atoms with Crippen LogP contribution in [-0.2, 0) is 5.75 Å². The molecule has 0 aromatic heterocycles. The van der Waals surface area contributed by atoms with Crippen LogP contribution in [0.15, 0.2) is 18.2 Å². The summed E-state index contributed by atoms with van der Waals surface area (Å²) in [5.41, 5.74) is 6.06. The third-order valence-electron chi connectivity index (χ3n) is 1.91. The van der Waals surface area contributed by atoms with Gasteiger partial charge in [-0.1, -0.05) is 6.07 Å². The minimum absolute atomic E-state index is 0.105. The van der Waals surface area contributed by atoms with E-state index in [1.165, 1.54) is 12.1 Å². The van der Waals surface area contributed by atoms with Crippen molar-refractivity contribution >= 4 is 17.7 Å².